The van der Waals surface area contributed by atoms with Crippen LogP contribution in [0.15, 0.2) is 41.3 Å². The molecule has 0 radical (unpaired) electrons. The third-order valence-corrected chi connectivity index (χ3v) is 8.83. The van der Waals surface area contributed by atoms with Gasteiger partial charge in [-0.05, 0) is 57.4 Å². The van der Waals surface area contributed by atoms with E-state index < -0.39 is 23.0 Å². The van der Waals surface area contributed by atoms with E-state index in [2.05, 4.69) is 22.5 Å². The summed E-state index contributed by atoms with van der Waals surface area (Å²) in [5.74, 6) is 2.84. The first-order valence-corrected chi connectivity index (χ1v) is 16.4. The number of nitrogens with one attached hydrogen (secondary N) is 2. The Morgan fingerprint density at radius 3 is 2.48 bits per heavy atom. The number of nitrogens with zero attached hydrogens (tertiary/aromatic N) is 1. The van der Waals surface area contributed by atoms with Crippen LogP contribution in [0.5, 0.6) is 23.0 Å². The van der Waals surface area contributed by atoms with Gasteiger partial charge in [-0.2, -0.15) is 0 Å². The molecule has 2 aromatic carbocycles. The molecule has 10 nitrogen and oxygen atoms in total. The van der Waals surface area contributed by atoms with E-state index in [-0.39, 0.29) is 25.1 Å². The lowest BCUT2D eigenvalue weighted by atomic mass is 10.0. The van der Waals surface area contributed by atoms with Gasteiger partial charge < -0.3 is 34.7 Å². The van der Waals surface area contributed by atoms with Crippen LogP contribution in [0.4, 0.5) is 5.69 Å². The molecule has 0 aromatic heterocycles. The highest BCUT2D eigenvalue weighted by Crippen LogP contribution is 2.35. The molecule has 2 aliphatic heterocycles. The highest BCUT2D eigenvalue weighted by Gasteiger charge is 2.29. The number of aliphatic hydroxyl groups is 1. The summed E-state index contributed by atoms with van der Waals surface area (Å²) < 4.78 is 35.7. The number of rotatable bonds is 15. The van der Waals surface area contributed by atoms with Crippen molar-refractivity contribution in [3.05, 3.63) is 36.4 Å². The molecule has 3 atom stereocenters. The van der Waals surface area contributed by atoms with Gasteiger partial charge in [-0.1, -0.05) is 19.4 Å². The third kappa shape index (κ3) is 8.82. The lowest BCUT2D eigenvalue weighted by molar-refractivity contribution is -0.117. The summed E-state index contributed by atoms with van der Waals surface area (Å²) in [7, 11) is -1.06. The summed E-state index contributed by atoms with van der Waals surface area (Å²) in [4.78, 5) is 15.8. The van der Waals surface area contributed by atoms with E-state index in [0.29, 0.717) is 54.2 Å². The van der Waals surface area contributed by atoms with Crippen molar-refractivity contribution in [2.24, 2.45) is 0 Å². The monoisotopic (exact) mass is 603 g/mol. The molecule has 1 saturated heterocycles. The molecule has 0 spiro atoms. The number of unbranched alkanes of at least 4 members (excludes halogenated alkanes) is 1. The van der Waals surface area contributed by atoms with Crippen LogP contribution in [0.1, 0.15) is 46.5 Å². The Kier molecular flexibility index (Phi) is 12.3. The van der Waals surface area contributed by atoms with E-state index in [0.717, 1.165) is 43.7 Å². The van der Waals surface area contributed by atoms with Gasteiger partial charge >= 0.3 is 0 Å². The zero-order valence-electron chi connectivity index (χ0n) is 24.9. The standard InChI is InChI=1S/C31H45N3O7S/c1-4-7-17-42(37)23-11-12-25-28(18-23)40-21-29(41-25)24(35)19-32-22-13-15-34(16-14-22)20-30(36)33-31-26(38-5-2)9-8-10-27(31)39-6-3/h8-12,18,22,24,29,32,35H,4-7,13-17,19-21H2,1-3H3,(H,33,36). The fourth-order valence-electron chi connectivity index (χ4n) is 5.07. The van der Waals surface area contributed by atoms with Crippen molar-refractivity contribution in [2.75, 3.05) is 57.1 Å². The van der Waals surface area contributed by atoms with Crippen molar-refractivity contribution in [3.63, 3.8) is 0 Å². The summed E-state index contributed by atoms with van der Waals surface area (Å²) in [5.41, 5.74) is 0.565. The van der Waals surface area contributed by atoms with E-state index in [9.17, 15) is 14.1 Å². The normalized spacial score (nSPS) is 18.7. The number of benzene rings is 2. The number of para-hydroxylation sites is 1. The van der Waals surface area contributed by atoms with Crippen LogP contribution in [-0.2, 0) is 15.6 Å². The van der Waals surface area contributed by atoms with Crippen LogP contribution >= 0.6 is 0 Å². The van der Waals surface area contributed by atoms with E-state index >= 15 is 0 Å². The molecule has 42 heavy (non-hydrogen) atoms. The van der Waals surface area contributed by atoms with Gasteiger partial charge in [-0.25, -0.2) is 0 Å². The Hall–Kier alpha value is -2.86. The lowest BCUT2D eigenvalue weighted by Crippen LogP contribution is -2.50. The number of ether oxygens (including phenoxy) is 4. The predicted octanol–water partition coefficient (Wildman–Crippen LogP) is 3.59. The first kappa shape index (κ1) is 32.1. The largest absolute Gasteiger partial charge is 0.492 e. The maximum absolute atomic E-state index is 12.9. The molecular formula is C31H45N3O7S. The Balaban J connectivity index is 1.19. The second-order valence-corrected chi connectivity index (χ2v) is 12.1. The van der Waals surface area contributed by atoms with E-state index in [1.165, 1.54) is 0 Å². The van der Waals surface area contributed by atoms with Gasteiger partial charge in [0, 0.05) is 42.4 Å². The molecule has 11 heteroatoms. The number of fused-ring (bicyclic) bond motifs is 1. The third-order valence-electron chi connectivity index (χ3n) is 7.39. The SMILES string of the molecule is CCCCS(=O)c1ccc2c(c1)OCC(C(O)CNC1CCN(CC(=O)Nc3c(OCC)cccc3OCC)CC1)O2. The zero-order chi connectivity index (χ0) is 29.9. The topological polar surface area (TPSA) is 119 Å². The number of hydrogen-bond donors (Lipinski definition) is 3. The number of aliphatic hydroxyl groups excluding tert-OH is 1. The number of amides is 1. The number of anilines is 1. The predicted molar refractivity (Wildman–Crippen MR) is 163 cm³/mol. The van der Waals surface area contributed by atoms with Crippen LogP contribution in [-0.4, -0.2) is 90.1 Å². The maximum Gasteiger partial charge on any atom is 0.238 e. The van der Waals surface area contributed by atoms with Crippen molar-refractivity contribution in [3.8, 4) is 23.0 Å². The summed E-state index contributed by atoms with van der Waals surface area (Å²) in [5, 5.41) is 17.2. The molecule has 3 N–H and O–H groups in total. The molecule has 0 saturated carbocycles. The molecule has 2 aromatic rings. The van der Waals surface area contributed by atoms with Crippen LogP contribution in [0.3, 0.4) is 0 Å². The smallest absolute Gasteiger partial charge is 0.238 e. The van der Waals surface area contributed by atoms with E-state index in [4.69, 9.17) is 18.9 Å². The summed E-state index contributed by atoms with van der Waals surface area (Å²) in [6.07, 6.45) is 2.40. The first-order valence-electron chi connectivity index (χ1n) is 15.1. The fraction of sp³-hybridized carbons (Fsp3) is 0.581. The molecule has 1 amide bonds. The van der Waals surface area contributed by atoms with Crippen molar-refractivity contribution in [1.29, 1.82) is 0 Å². The first-order chi connectivity index (χ1) is 20.4. The lowest BCUT2D eigenvalue weighted by Gasteiger charge is -2.34. The number of hydrogen-bond acceptors (Lipinski definition) is 9. The van der Waals surface area contributed by atoms with Gasteiger partial charge in [-0.3, -0.25) is 13.9 Å². The summed E-state index contributed by atoms with van der Waals surface area (Å²) >= 11 is 0. The fourth-order valence-corrected chi connectivity index (χ4v) is 6.32. The molecular weight excluding hydrogens is 558 g/mol. The molecule has 4 rings (SSSR count). The maximum atomic E-state index is 12.9. The minimum Gasteiger partial charge on any atom is -0.492 e. The number of likely N-dealkylation sites (tertiary alicyclic amines) is 1. The van der Waals surface area contributed by atoms with Crippen molar-refractivity contribution in [1.82, 2.24) is 10.2 Å². The quantitative estimate of drug-likeness (QED) is 0.281. The van der Waals surface area contributed by atoms with Gasteiger partial charge in [0.1, 0.15) is 29.9 Å². The van der Waals surface area contributed by atoms with Crippen molar-refractivity contribution in [2.45, 2.75) is 69.6 Å². The van der Waals surface area contributed by atoms with Gasteiger partial charge in [0.05, 0.1) is 30.6 Å². The van der Waals surface area contributed by atoms with E-state index in [1.54, 1.807) is 12.1 Å². The van der Waals surface area contributed by atoms with Crippen LogP contribution < -0.4 is 29.6 Å². The van der Waals surface area contributed by atoms with Gasteiger partial charge in [-0.15, -0.1) is 0 Å². The van der Waals surface area contributed by atoms with Crippen molar-refractivity contribution < 1.29 is 33.1 Å². The second kappa shape index (κ2) is 16.1. The molecule has 232 valence electrons. The Labute approximate surface area is 251 Å². The molecule has 2 heterocycles. The van der Waals surface area contributed by atoms with Gasteiger partial charge in [0.15, 0.2) is 17.6 Å². The number of carbonyl (C=O) groups excluding carboxylic acids is 1. The highest BCUT2D eigenvalue weighted by molar-refractivity contribution is 7.85. The number of carbonyl (C=O) groups is 1. The minimum absolute atomic E-state index is 0.112. The van der Waals surface area contributed by atoms with Crippen LogP contribution in [0.25, 0.3) is 0 Å². The molecule has 3 unspecified atom stereocenters. The second-order valence-electron chi connectivity index (χ2n) is 10.5. The molecule has 0 aliphatic carbocycles. The Morgan fingerprint density at radius 1 is 1.10 bits per heavy atom. The number of piperidine rings is 1. The highest BCUT2D eigenvalue weighted by atomic mass is 32.2. The summed E-state index contributed by atoms with van der Waals surface area (Å²) in [6, 6.07) is 11.1. The summed E-state index contributed by atoms with van der Waals surface area (Å²) in [6.45, 7) is 9.29. The van der Waals surface area contributed by atoms with Gasteiger partial charge in [0.25, 0.3) is 0 Å². The minimum atomic E-state index is -1.06. The van der Waals surface area contributed by atoms with E-state index in [1.807, 2.05) is 38.1 Å². The average Bonchev–Trinajstić information content (AvgIpc) is 3.00. The Bertz CT molecular complexity index is 1160. The average molecular weight is 604 g/mol. The molecule has 2 aliphatic rings. The van der Waals surface area contributed by atoms with Crippen LogP contribution in [0, 0.1) is 0 Å². The zero-order valence-corrected chi connectivity index (χ0v) is 25.8. The molecule has 1 fully saturated rings. The van der Waals surface area contributed by atoms with Crippen LogP contribution in [0.2, 0.25) is 0 Å². The molecule has 0 bridgehead atoms. The van der Waals surface area contributed by atoms with Crippen molar-refractivity contribution >= 4 is 22.4 Å². The van der Waals surface area contributed by atoms with Gasteiger partial charge in [0.2, 0.25) is 5.91 Å². The Morgan fingerprint density at radius 2 is 1.81 bits per heavy atom.